The van der Waals surface area contributed by atoms with E-state index in [1.54, 1.807) is 25.3 Å². The second kappa shape index (κ2) is 18.6. The van der Waals surface area contributed by atoms with Crippen LogP contribution < -0.4 is 4.57 Å². The van der Waals surface area contributed by atoms with E-state index in [0.29, 0.717) is 0 Å². The van der Waals surface area contributed by atoms with E-state index in [1.807, 2.05) is 6.07 Å². The Bertz CT molecular complexity index is 367. The van der Waals surface area contributed by atoms with Gasteiger partial charge in [0, 0.05) is 24.7 Å². The van der Waals surface area contributed by atoms with Crippen LogP contribution in [-0.4, -0.2) is 6.15 Å². The molecule has 0 N–H and O–H groups in total. The third-order valence-corrected chi connectivity index (χ3v) is 6.23. The molecule has 158 valence electrons. The fourth-order valence-electron chi connectivity index (χ4n) is 4.34. The Morgan fingerprint density at radius 3 is 1.22 bits per heavy atom. The molecule has 1 rings (SSSR count). The number of nitrogens with zero attached hydrogens (tertiary/aromatic N) is 1. The topological polar surface area (TPSA) is 3.88 Å². The number of unbranched alkanes of at least 4 members (excludes halogenated alkanes) is 5. The van der Waals surface area contributed by atoms with Gasteiger partial charge < -0.3 is 0 Å². The maximum Gasteiger partial charge on any atom is 0.168 e. The van der Waals surface area contributed by atoms with Crippen molar-refractivity contribution in [3.05, 3.63) is 30.6 Å². The molecule has 0 bridgehead atoms. The van der Waals surface area contributed by atoms with Crippen LogP contribution in [0, 0.1) is 0 Å². The van der Waals surface area contributed by atoms with Crippen LogP contribution in [0.2, 0.25) is 25.3 Å². The van der Waals surface area contributed by atoms with Crippen molar-refractivity contribution in [2.24, 2.45) is 0 Å². The van der Waals surface area contributed by atoms with Crippen molar-refractivity contribution in [1.29, 1.82) is 0 Å². The Balaban J connectivity index is 0.000000569. The van der Waals surface area contributed by atoms with Gasteiger partial charge >= 0.3 is 0 Å². The summed E-state index contributed by atoms with van der Waals surface area (Å²) in [5.41, 5.74) is 0. The zero-order chi connectivity index (χ0) is 20.2. The van der Waals surface area contributed by atoms with Crippen molar-refractivity contribution < 1.29 is 4.57 Å². The molecule has 2 heteroatoms. The number of rotatable bonds is 15. The van der Waals surface area contributed by atoms with E-state index in [0.717, 1.165) is 6.54 Å². The van der Waals surface area contributed by atoms with Crippen LogP contribution in [-0.2, 0) is 6.54 Å². The summed E-state index contributed by atoms with van der Waals surface area (Å²) in [6, 6.07) is 6.17. The molecule has 0 aliphatic heterocycles. The van der Waals surface area contributed by atoms with E-state index in [-0.39, 0.29) is 6.15 Å². The summed E-state index contributed by atoms with van der Waals surface area (Å²) < 4.78 is 2.21. The molecule has 1 aromatic heterocycles. The van der Waals surface area contributed by atoms with E-state index in [2.05, 4.69) is 63.7 Å². The molecule has 0 radical (unpaired) electrons. The molecule has 0 aliphatic carbocycles. The molecule has 0 fully saturated rings. The Hall–Kier alpha value is -0.785. The van der Waals surface area contributed by atoms with Gasteiger partial charge in [0.15, 0.2) is 12.4 Å². The second-order valence-corrected chi connectivity index (χ2v) is 8.77. The highest BCUT2D eigenvalue weighted by Gasteiger charge is 2.22. The highest BCUT2D eigenvalue weighted by molar-refractivity contribution is 6.79. The van der Waals surface area contributed by atoms with Gasteiger partial charge in [-0.25, -0.2) is 4.57 Å². The summed E-state index contributed by atoms with van der Waals surface area (Å²) in [5.74, 6) is 0. The second-order valence-electron chi connectivity index (χ2n) is 8.77. The highest BCUT2D eigenvalue weighted by atomic mass is 14.9. The van der Waals surface area contributed by atoms with Crippen LogP contribution in [0.25, 0.3) is 0 Å². The van der Waals surface area contributed by atoms with Crippen molar-refractivity contribution in [3.63, 3.8) is 0 Å². The average molecular weight is 375 g/mol. The van der Waals surface area contributed by atoms with Crippen molar-refractivity contribution >= 4 is 6.15 Å². The van der Waals surface area contributed by atoms with Gasteiger partial charge in [0.1, 0.15) is 6.54 Å². The lowest BCUT2D eigenvalue weighted by Gasteiger charge is -2.40. The largest absolute Gasteiger partial charge is 0.205 e. The molecule has 0 saturated carbocycles. The molecule has 0 spiro atoms. The molecular formula is C25H50BN. The SMILES string of the molecule is CCCC[B-](CCCC)(CCCC)CCCC.CCCC[n+]1ccccc1. The maximum absolute atomic E-state index is 2.35. The normalized spacial score (nSPS) is 11.1. The van der Waals surface area contributed by atoms with Gasteiger partial charge in [0.25, 0.3) is 0 Å². The predicted molar refractivity (Wildman–Crippen MR) is 126 cm³/mol. The summed E-state index contributed by atoms with van der Waals surface area (Å²) in [7, 11) is 0. The first-order chi connectivity index (χ1) is 13.2. The minimum absolute atomic E-state index is 0.00722. The monoisotopic (exact) mass is 375 g/mol. The molecule has 27 heavy (non-hydrogen) atoms. The van der Waals surface area contributed by atoms with Gasteiger partial charge in [0.05, 0.1) is 0 Å². The van der Waals surface area contributed by atoms with Crippen LogP contribution in [0.3, 0.4) is 0 Å². The molecule has 0 aliphatic rings. The first kappa shape index (κ1) is 26.2. The van der Waals surface area contributed by atoms with Crippen LogP contribution in [0.15, 0.2) is 30.6 Å². The zero-order valence-electron chi connectivity index (χ0n) is 19.5. The molecule has 0 aromatic carbocycles. The van der Waals surface area contributed by atoms with Gasteiger partial charge in [0.2, 0.25) is 0 Å². The van der Waals surface area contributed by atoms with Crippen LogP contribution in [0.5, 0.6) is 0 Å². The van der Waals surface area contributed by atoms with E-state index >= 15 is 0 Å². The van der Waals surface area contributed by atoms with E-state index < -0.39 is 0 Å². The average Bonchev–Trinajstić information content (AvgIpc) is 2.72. The Morgan fingerprint density at radius 1 is 0.519 bits per heavy atom. The summed E-state index contributed by atoms with van der Waals surface area (Å²) in [6.45, 7) is 12.8. The maximum atomic E-state index is 2.35. The van der Waals surface area contributed by atoms with Crippen molar-refractivity contribution in [2.75, 3.05) is 0 Å². The highest BCUT2D eigenvalue weighted by Crippen LogP contribution is 2.33. The number of hydrogen-bond acceptors (Lipinski definition) is 0. The summed E-state index contributed by atoms with van der Waals surface area (Å²) in [6.07, 6.45) is 24.4. The molecular weight excluding hydrogens is 325 g/mol. The number of pyridine rings is 1. The van der Waals surface area contributed by atoms with Gasteiger partial charge in [-0.3, -0.25) is 0 Å². The lowest BCUT2D eigenvalue weighted by atomic mass is 9.17. The molecule has 0 amide bonds. The first-order valence-electron chi connectivity index (χ1n) is 12.3. The van der Waals surface area contributed by atoms with Crippen LogP contribution in [0.1, 0.15) is 98.8 Å². The summed E-state index contributed by atoms with van der Waals surface area (Å²) in [4.78, 5) is 0. The van der Waals surface area contributed by atoms with Crippen LogP contribution >= 0.6 is 0 Å². The Labute approximate surface area is 172 Å². The van der Waals surface area contributed by atoms with Crippen molar-refractivity contribution in [1.82, 2.24) is 0 Å². The van der Waals surface area contributed by atoms with Gasteiger partial charge in [-0.1, -0.05) is 98.5 Å². The number of hydrogen-bond donors (Lipinski definition) is 0. The quantitative estimate of drug-likeness (QED) is 0.214. The predicted octanol–water partition coefficient (Wildman–Crippen LogP) is 8.41. The molecule has 0 unspecified atom stereocenters. The number of aryl methyl sites for hydroxylation is 1. The molecule has 0 atom stereocenters. The van der Waals surface area contributed by atoms with Gasteiger partial charge in [-0.05, 0) is 0 Å². The fraction of sp³-hybridized carbons (Fsp3) is 0.800. The van der Waals surface area contributed by atoms with Gasteiger partial charge in [-0.15, -0.1) is 0 Å². The summed E-state index contributed by atoms with van der Waals surface area (Å²) in [5, 5.41) is 0. The van der Waals surface area contributed by atoms with Crippen LogP contribution in [0.4, 0.5) is 0 Å². The fourth-order valence-corrected chi connectivity index (χ4v) is 4.34. The first-order valence-corrected chi connectivity index (χ1v) is 12.3. The number of aromatic nitrogens is 1. The standard InChI is InChI=1S/C16H36B.C9H14N/c1-5-9-13-17(14-10-6-2,15-11-7-3)16-12-8-4;1-2-3-7-10-8-5-4-6-9-10/h5-16H2,1-4H3;4-6,8-9H,2-3,7H2,1H3/q-1;+1. The Morgan fingerprint density at radius 2 is 0.889 bits per heavy atom. The van der Waals surface area contributed by atoms with Crippen molar-refractivity contribution in [3.8, 4) is 0 Å². The van der Waals surface area contributed by atoms with Gasteiger partial charge in [-0.2, -0.15) is 25.3 Å². The minimum atomic E-state index is -0.00722. The van der Waals surface area contributed by atoms with E-state index in [1.165, 1.54) is 64.2 Å². The lowest BCUT2D eigenvalue weighted by molar-refractivity contribution is -0.697. The molecule has 1 aromatic rings. The van der Waals surface area contributed by atoms with Crippen molar-refractivity contribution in [2.45, 2.75) is 131 Å². The molecule has 1 nitrogen and oxygen atoms in total. The third-order valence-electron chi connectivity index (χ3n) is 6.23. The molecule has 0 saturated heterocycles. The van der Waals surface area contributed by atoms with E-state index in [4.69, 9.17) is 0 Å². The lowest BCUT2D eigenvalue weighted by Crippen LogP contribution is -2.33. The Kier molecular flexibility index (Phi) is 18.0. The summed E-state index contributed by atoms with van der Waals surface area (Å²) >= 11 is 0. The molecule has 1 heterocycles. The third kappa shape index (κ3) is 13.9. The smallest absolute Gasteiger partial charge is 0.168 e. The van der Waals surface area contributed by atoms with E-state index in [9.17, 15) is 0 Å². The zero-order valence-corrected chi connectivity index (χ0v) is 19.5. The minimum Gasteiger partial charge on any atom is -0.205 e.